The lowest BCUT2D eigenvalue weighted by Gasteiger charge is -2.41. The molecule has 1 aliphatic carbocycles. The van der Waals surface area contributed by atoms with Crippen molar-refractivity contribution in [2.75, 3.05) is 26.2 Å². The minimum atomic E-state index is -0.682. The van der Waals surface area contributed by atoms with Crippen LogP contribution in [0.15, 0.2) is 11.0 Å². The first-order valence-corrected chi connectivity index (χ1v) is 10.5. The molecular weight excluding hydrogens is 375 g/mol. The zero-order valence-corrected chi connectivity index (χ0v) is 16.9. The molecule has 1 aliphatic heterocycles. The van der Waals surface area contributed by atoms with Gasteiger partial charge in [-0.15, -0.1) is 0 Å². The fourth-order valence-corrected chi connectivity index (χ4v) is 4.06. The molecule has 1 aromatic heterocycles. The van der Waals surface area contributed by atoms with Gasteiger partial charge in [0.2, 0.25) is 5.91 Å². The third-order valence-corrected chi connectivity index (χ3v) is 5.78. The van der Waals surface area contributed by atoms with Crippen LogP contribution in [0.5, 0.6) is 0 Å². The van der Waals surface area contributed by atoms with Crippen LogP contribution < -0.4 is 16.3 Å². The van der Waals surface area contributed by atoms with E-state index >= 15 is 0 Å². The maximum Gasteiger partial charge on any atom is 0.376 e. The Morgan fingerprint density at radius 3 is 2.69 bits per heavy atom. The Bertz CT molecular complexity index is 745. The molecule has 0 radical (unpaired) electrons. The van der Waals surface area contributed by atoms with Crippen molar-refractivity contribution in [3.8, 4) is 0 Å². The van der Waals surface area contributed by atoms with Crippen molar-refractivity contribution >= 4 is 19.0 Å². The molecule has 3 amide bonds. The zero-order chi connectivity index (χ0) is 20.8. The number of aromatic nitrogens is 2. The molecule has 160 valence electrons. The Hall–Kier alpha value is -2.27. The summed E-state index contributed by atoms with van der Waals surface area (Å²) in [7, 11) is -0.682. The van der Waals surface area contributed by atoms with Crippen molar-refractivity contribution in [3.05, 3.63) is 22.4 Å². The first-order valence-electron chi connectivity index (χ1n) is 10.5. The molecule has 1 atom stereocenters. The monoisotopic (exact) mass is 406 g/mol. The number of hydrogen-bond acceptors (Lipinski definition) is 5. The highest BCUT2D eigenvalue weighted by molar-refractivity contribution is 6.45. The molecule has 1 aromatic rings. The van der Waals surface area contributed by atoms with Gasteiger partial charge in [0.25, 0.3) is 0 Å². The SMILES string of the molecule is CB(O)N1CCN(C(=O)NC2CCCCC2)[C@@H](C(=O)NCCc2c[nH]c(=O)[nH]2)C1. The smallest absolute Gasteiger partial charge is 0.376 e. The molecule has 0 spiro atoms. The number of hydrogen-bond donors (Lipinski definition) is 5. The molecule has 2 heterocycles. The number of urea groups is 1. The molecule has 3 rings (SSSR count). The van der Waals surface area contributed by atoms with E-state index in [0.29, 0.717) is 31.7 Å². The van der Waals surface area contributed by atoms with Gasteiger partial charge >= 0.3 is 18.8 Å². The molecule has 1 saturated carbocycles. The number of carbonyl (C=O) groups excluding carboxylic acids is 2. The van der Waals surface area contributed by atoms with Gasteiger partial charge in [-0.25, -0.2) is 9.59 Å². The quantitative estimate of drug-likeness (QED) is 0.406. The molecule has 29 heavy (non-hydrogen) atoms. The zero-order valence-electron chi connectivity index (χ0n) is 16.9. The second kappa shape index (κ2) is 9.97. The van der Waals surface area contributed by atoms with Crippen LogP contribution in [0.2, 0.25) is 6.82 Å². The van der Waals surface area contributed by atoms with E-state index in [-0.39, 0.29) is 30.2 Å². The van der Waals surface area contributed by atoms with E-state index in [1.165, 1.54) is 6.42 Å². The molecule has 2 fully saturated rings. The van der Waals surface area contributed by atoms with Gasteiger partial charge in [0, 0.05) is 50.5 Å². The maximum atomic E-state index is 12.9. The average Bonchev–Trinajstić information content (AvgIpc) is 3.13. The topological polar surface area (TPSA) is 134 Å². The number of piperazine rings is 1. The summed E-state index contributed by atoms with van der Waals surface area (Å²) in [5.41, 5.74) is 0.424. The Labute approximate surface area is 170 Å². The molecule has 11 heteroatoms. The molecule has 0 bridgehead atoms. The molecule has 0 aromatic carbocycles. The molecule has 5 N–H and O–H groups in total. The van der Waals surface area contributed by atoms with E-state index in [1.807, 2.05) is 0 Å². The fraction of sp³-hybridized carbons (Fsp3) is 0.722. The van der Waals surface area contributed by atoms with Crippen LogP contribution in [0, 0.1) is 0 Å². The molecule has 10 nitrogen and oxygen atoms in total. The van der Waals surface area contributed by atoms with E-state index in [4.69, 9.17) is 0 Å². The third-order valence-electron chi connectivity index (χ3n) is 5.78. The van der Waals surface area contributed by atoms with Crippen LogP contribution in [0.25, 0.3) is 0 Å². The average molecular weight is 406 g/mol. The number of rotatable bonds is 6. The Morgan fingerprint density at radius 1 is 1.28 bits per heavy atom. The predicted molar refractivity (Wildman–Crippen MR) is 109 cm³/mol. The van der Waals surface area contributed by atoms with E-state index in [0.717, 1.165) is 25.7 Å². The van der Waals surface area contributed by atoms with E-state index in [9.17, 15) is 19.4 Å². The highest BCUT2D eigenvalue weighted by Crippen LogP contribution is 2.19. The van der Waals surface area contributed by atoms with Crippen LogP contribution >= 0.6 is 0 Å². The van der Waals surface area contributed by atoms with Crippen LogP contribution in [-0.2, 0) is 11.2 Å². The van der Waals surface area contributed by atoms with Crippen molar-refractivity contribution in [2.24, 2.45) is 0 Å². The molecular formula is C18H31BN6O4. The summed E-state index contributed by atoms with van der Waals surface area (Å²) in [6.45, 7) is 3.18. The van der Waals surface area contributed by atoms with Gasteiger partial charge in [-0.2, -0.15) is 0 Å². The van der Waals surface area contributed by atoms with E-state index < -0.39 is 13.1 Å². The van der Waals surface area contributed by atoms with Crippen molar-refractivity contribution < 1.29 is 14.6 Å². The first-order chi connectivity index (χ1) is 13.9. The minimum Gasteiger partial charge on any atom is -0.437 e. The summed E-state index contributed by atoms with van der Waals surface area (Å²) in [6.07, 6.45) is 7.45. The lowest BCUT2D eigenvalue weighted by atomic mass is 9.83. The Kier molecular flexibility index (Phi) is 7.37. The fourth-order valence-electron chi connectivity index (χ4n) is 4.06. The highest BCUT2D eigenvalue weighted by Gasteiger charge is 2.37. The number of carbonyl (C=O) groups is 2. The van der Waals surface area contributed by atoms with Crippen molar-refractivity contribution in [3.63, 3.8) is 0 Å². The Morgan fingerprint density at radius 2 is 2.03 bits per heavy atom. The highest BCUT2D eigenvalue weighted by atomic mass is 16.2. The second-order valence-electron chi connectivity index (χ2n) is 7.93. The summed E-state index contributed by atoms with van der Waals surface area (Å²) in [6, 6.07) is -0.718. The maximum absolute atomic E-state index is 12.9. The van der Waals surface area contributed by atoms with Crippen LogP contribution in [0.3, 0.4) is 0 Å². The molecule has 0 unspecified atom stereocenters. The minimum absolute atomic E-state index is 0.167. The lowest BCUT2D eigenvalue weighted by molar-refractivity contribution is -0.126. The molecule has 1 saturated heterocycles. The van der Waals surface area contributed by atoms with Crippen LogP contribution in [0.4, 0.5) is 4.79 Å². The van der Waals surface area contributed by atoms with Gasteiger partial charge in [-0.3, -0.25) is 4.79 Å². The van der Waals surface area contributed by atoms with E-state index in [1.54, 1.807) is 22.7 Å². The number of nitrogens with zero attached hydrogens (tertiary/aromatic N) is 2. The van der Waals surface area contributed by atoms with Crippen LogP contribution in [-0.4, -0.2) is 82.0 Å². The number of amides is 3. The number of imidazole rings is 1. The van der Waals surface area contributed by atoms with E-state index in [2.05, 4.69) is 20.6 Å². The summed E-state index contributed by atoms with van der Waals surface area (Å²) in [5.74, 6) is -0.257. The van der Waals surface area contributed by atoms with Gasteiger partial charge < -0.3 is 35.3 Å². The summed E-state index contributed by atoms with van der Waals surface area (Å²) >= 11 is 0. The number of aromatic amines is 2. The lowest BCUT2D eigenvalue weighted by Crippen LogP contribution is -2.65. The largest absolute Gasteiger partial charge is 0.437 e. The second-order valence-corrected chi connectivity index (χ2v) is 7.93. The third kappa shape index (κ3) is 5.86. The van der Waals surface area contributed by atoms with Crippen LogP contribution in [0.1, 0.15) is 37.8 Å². The van der Waals surface area contributed by atoms with Gasteiger partial charge in [-0.05, 0) is 19.7 Å². The summed E-state index contributed by atoms with van der Waals surface area (Å²) in [5, 5.41) is 15.9. The number of nitrogens with one attached hydrogen (secondary N) is 4. The normalized spacial score (nSPS) is 21.0. The first kappa shape index (κ1) is 21.4. The van der Waals surface area contributed by atoms with Crippen molar-refractivity contribution in [2.45, 2.75) is 57.4 Å². The van der Waals surface area contributed by atoms with Gasteiger partial charge in [0.1, 0.15) is 6.04 Å². The summed E-state index contributed by atoms with van der Waals surface area (Å²) < 4.78 is 0. The molecule has 2 aliphatic rings. The standard InChI is InChI=1S/C18H31BN6O4/c1-19(29)24-9-10-25(18(28)23-13-5-3-2-4-6-13)15(12-24)16(26)20-8-7-14-11-21-17(27)22-14/h11,13,15,29H,2-10,12H2,1H3,(H,20,26)(H,23,28)(H2,21,22,27)/t15-/m1/s1. The van der Waals surface area contributed by atoms with Gasteiger partial charge in [0.15, 0.2) is 0 Å². The van der Waals surface area contributed by atoms with Crippen molar-refractivity contribution in [1.82, 2.24) is 30.3 Å². The van der Waals surface area contributed by atoms with Crippen molar-refractivity contribution in [1.29, 1.82) is 0 Å². The van der Waals surface area contributed by atoms with Gasteiger partial charge in [0.05, 0.1) is 0 Å². The Balaban J connectivity index is 1.59. The summed E-state index contributed by atoms with van der Waals surface area (Å²) in [4.78, 5) is 45.4. The predicted octanol–water partition coefficient (Wildman–Crippen LogP) is -0.499. The van der Waals surface area contributed by atoms with Gasteiger partial charge in [-0.1, -0.05) is 19.3 Å². The number of H-pyrrole nitrogens is 2.